The number of hydrogen-bond donors (Lipinski definition) is 2. The van der Waals surface area contributed by atoms with E-state index < -0.39 is 0 Å². The van der Waals surface area contributed by atoms with Crippen molar-refractivity contribution >= 4 is 17.6 Å². The smallest absolute Gasteiger partial charge is 0.271 e. The lowest BCUT2D eigenvalue weighted by atomic mass is 10.3. The van der Waals surface area contributed by atoms with Crippen molar-refractivity contribution in [1.82, 2.24) is 24.9 Å². The van der Waals surface area contributed by atoms with Gasteiger partial charge in [0.25, 0.3) is 5.91 Å². The van der Waals surface area contributed by atoms with Gasteiger partial charge in [-0.3, -0.25) is 14.3 Å². The van der Waals surface area contributed by atoms with Crippen LogP contribution in [0.3, 0.4) is 0 Å². The van der Waals surface area contributed by atoms with E-state index in [4.69, 9.17) is 0 Å². The number of nitrogens with zero attached hydrogens (tertiary/aromatic N) is 4. The first-order valence-electron chi connectivity index (χ1n) is 9.77. The number of carbonyl (C=O) groups excluding carboxylic acids is 2. The summed E-state index contributed by atoms with van der Waals surface area (Å²) in [6.07, 6.45) is 1.82. The highest BCUT2D eigenvalue weighted by molar-refractivity contribution is 5.97. The summed E-state index contributed by atoms with van der Waals surface area (Å²) in [6.45, 7) is 4.94. The molecule has 1 saturated carbocycles. The van der Waals surface area contributed by atoms with Crippen molar-refractivity contribution in [3.05, 3.63) is 59.5 Å². The van der Waals surface area contributed by atoms with E-state index in [1.54, 1.807) is 10.7 Å². The van der Waals surface area contributed by atoms with E-state index in [0.717, 1.165) is 29.9 Å². The Bertz CT molecular complexity index is 1030. The average Bonchev–Trinajstić information content (AvgIpc) is 3.40. The Morgan fingerprint density at radius 2 is 1.86 bits per heavy atom. The van der Waals surface area contributed by atoms with E-state index in [1.807, 2.05) is 54.9 Å². The van der Waals surface area contributed by atoms with E-state index in [0.29, 0.717) is 18.9 Å². The summed E-state index contributed by atoms with van der Waals surface area (Å²) in [6, 6.07) is 13.1. The monoisotopic (exact) mass is 392 g/mol. The second-order valence-electron chi connectivity index (χ2n) is 7.33. The molecule has 0 atom stereocenters. The molecule has 1 aliphatic carbocycles. The molecule has 2 heterocycles. The normalized spacial score (nSPS) is 13.3. The van der Waals surface area contributed by atoms with E-state index in [2.05, 4.69) is 20.8 Å². The molecule has 0 bridgehead atoms. The van der Waals surface area contributed by atoms with Gasteiger partial charge < -0.3 is 10.6 Å². The number of benzene rings is 1. The zero-order chi connectivity index (χ0) is 20.4. The van der Waals surface area contributed by atoms with E-state index >= 15 is 0 Å². The summed E-state index contributed by atoms with van der Waals surface area (Å²) in [5.41, 5.74) is 3.04. The van der Waals surface area contributed by atoms with Crippen LogP contribution in [0.1, 0.15) is 34.7 Å². The molecule has 0 saturated heterocycles. The number of anilines is 1. The largest absolute Gasteiger partial charge is 0.349 e. The number of nitrogens with one attached hydrogen (secondary N) is 2. The molecule has 3 aromatic rings. The van der Waals surface area contributed by atoms with E-state index in [1.165, 1.54) is 0 Å². The molecule has 1 fully saturated rings. The van der Waals surface area contributed by atoms with Crippen molar-refractivity contribution in [1.29, 1.82) is 0 Å². The molecular formula is C21H24N6O2. The predicted octanol–water partition coefficient (Wildman–Crippen LogP) is 2.46. The molecule has 2 amide bonds. The van der Waals surface area contributed by atoms with Crippen molar-refractivity contribution in [2.75, 3.05) is 11.9 Å². The van der Waals surface area contributed by atoms with Gasteiger partial charge in [-0.15, -0.1) is 0 Å². The molecule has 2 N–H and O–H groups in total. The summed E-state index contributed by atoms with van der Waals surface area (Å²) in [5.74, 6) is 0.241. The van der Waals surface area contributed by atoms with Crippen molar-refractivity contribution in [3.8, 4) is 5.69 Å². The van der Waals surface area contributed by atoms with Gasteiger partial charge in [0.05, 0.1) is 17.9 Å². The van der Waals surface area contributed by atoms with Gasteiger partial charge in [-0.05, 0) is 44.9 Å². The lowest BCUT2D eigenvalue weighted by molar-refractivity contribution is -0.117. The minimum Gasteiger partial charge on any atom is -0.349 e. The fourth-order valence-electron chi connectivity index (χ4n) is 3.19. The second kappa shape index (κ2) is 7.90. The quantitative estimate of drug-likeness (QED) is 0.646. The Kier molecular flexibility index (Phi) is 5.16. The maximum Gasteiger partial charge on any atom is 0.271 e. The van der Waals surface area contributed by atoms with Crippen LogP contribution in [0.2, 0.25) is 0 Å². The molecule has 0 spiro atoms. The van der Waals surface area contributed by atoms with Crippen LogP contribution >= 0.6 is 0 Å². The van der Waals surface area contributed by atoms with Crippen LogP contribution in [0.25, 0.3) is 5.69 Å². The van der Waals surface area contributed by atoms with E-state index in [-0.39, 0.29) is 23.4 Å². The summed E-state index contributed by atoms with van der Waals surface area (Å²) in [7, 11) is 0. The van der Waals surface area contributed by atoms with E-state index in [9.17, 15) is 9.59 Å². The van der Waals surface area contributed by atoms with Crippen LogP contribution in [0.5, 0.6) is 0 Å². The molecule has 1 aliphatic rings. The molecule has 8 heteroatoms. The minimum absolute atomic E-state index is 0.0291. The molecule has 2 aromatic heterocycles. The number of aryl methyl sites for hydroxylation is 2. The Balaban J connectivity index is 1.48. The van der Waals surface area contributed by atoms with Crippen LogP contribution in [0.15, 0.2) is 42.5 Å². The maximum atomic E-state index is 12.6. The summed E-state index contributed by atoms with van der Waals surface area (Å²) in [5, 5.41) is 14.6. The molecule has 0 unspecified atom stereocenters. The van der Waals surface area contributed by atoms with Crippen molar-refractivity contribution in [2.45, 2.75) is 33.2 Å². The van der Waals surface area contributed by atoms with Gasteiger partial charge >= 0.3 is 0 Å². The molecule has 1 aromatic carbocycles. The Hall–Kier alpha value is -3.42. The van der Waals surface area contributed by atoms with Gasteiger partial charge in [-0.2, -0.15) is 10.2 Å². The fourth-order valence-corrected chi connectivity index (χ4v) is 3.19. The molecule has 150 valence electrons. The topological polar surface area (TPSA) is 93.8 Å². The van der Waals surface area contributed by atoms with Crippen LogP contribution in [0.4, 0.5) is 5.82 Å². The Morgan fingerprint density at radius 3 is 2.52 bits per heavy atom. The first-order valence-corrected chi connectivity index (χ1v) is 9.77. The van der Waals surface area contributed by atoms with Gasteiger partial charge in [0.1, 0.15) is 5.82 Å². The van der Waals surface area contributed by atoms with Gasteiger partial charge in [0.2, 0.25) is 5.91 Å². The predicted molar refractivity (Wildman–Crippen MR) is 109 cm³/mol. The average molecular weight is 392 g/mol. The summed E-state index contributed by atoms with van der Waals surface area (Å²) >= 11 is 0. The highest BCUT2D eigenvalue weighted by Crippen LogP contribution is 2.30. The molecular weight excluding hydrogens is 368 g/mol. The minimum atomic E-state index is -0.289. The van der Waals surface area contributed by atoms with Crippen LogP contribution in [-0.4, -0.2) is 37.9 Å². The lowest BCUT2D eigenvalue weighted by Gasteiger charge is -2.08. The zero-order valence-corrected chi connectivity index (χ0v) is 16.6. The lowest BCUT2D eigenvalue weighted by Crippen LogP contribution is -2.28. The summed E-state index contributed by atoms with van der Waals surface area (Å²) in [4.78, 5) is 24.9. The van der Waals surface area contributed by atoms with Crippen molar-refractivity contribution < 1.29 is 9.59 Å². The third-order valence-corrected chi connectivity index (χ3v) is 4.85. The number of aromatic nitrogens is 4. The highest BCUT2D eigenvalue weighted by atomic mass is 16.2. The third-order valence-electron chi connectivity index (χ3n) is 4.85. The van der Waals surface area contributed by atoms with Gasteiger partial charge in [0, 0.05) is 24.2 Å². The molecule has 0 radical (unpaired) electrons. The molecule has 0 aliphatic heterocycles. The number of rotatable bonds is 7. The van der Waals surface area contributed by atoms with Gasteiger partial charge in [-0.25, -0.2) is 4.68 Å². The molecule has 4 rings (SSSR count). The highest BCUT2D eigenvalue weighted by Gasteiger charge is 2.30. The standard InChI is InChI=1S/C21H24N6O2/c1-14-12-15(2)26(24-14)11-10-22-21(29)18-13-19(23-20(28)16-8-9-16)27(25-18)17-6-4-3-5-7-17/h3-7,12-13,16H,8-11H2,1-2H3,(H,22,29)(H,23,28). The van der Waals surface area contributed by atoms with Gasteiger partial charge in [-0.1, -0.05) is 18.2 Å². The molecule has 29 heavy (non-hydrogen) atoms. The third kappa shape index (κ3) is 4.37. The van der Waals surface area contributed by atoms with Crippen LogP contribution in [0, 0.1) is 19.8 Å². The SMILES string of the molecule is Cc1cc(C)n(CCNC(=O)c2cc(NC(=O)C3CC3)n(-c3ccccc3)n2)n1. The second-order valence-corrected chi connectivity index (χ2v) is 7.33. The number of hydrogen-bond acceptors (Lipinski definition) is 4. The first kappa shape index (κ1) is 18.9. The van der Waals surface area contributed by atoms with Gasteiger partial charge in [0.15, 0.2) is 5.69 Å². The van der Waals surface area contributed by atoms with Crippen LogP contribution < -0.4 is 10.6 Å². The van der Waals surface area contributed by atoms with Crippen LogP contribution in [-0.2, 0) is 11.3 Å². The fraction of sp³-hybridized carbons (Fsp3) is 0.333. The molecule has 8 nitrogen and oxygen atoms in total. The number of para-hydroxylation sites is 1. The maximum absolute atomic E-state index is 12.6. The Labute approximate surface area is 168 Å². The number of amides is 2. The first-order chi connectivity index (χ1) is 14.0. The summed E-state index contributed by atoms with van der Waals surface area (Å²) < 4.78 is 3.45. The zero-order valence-electron chi connectivity index (χ0n) is 16.6. The van der Waals surface area contributed by atoms with Crippen molar-refractivity contribution in [2.24, 2.45) is 5.92 Å². The number of carbonyl (C=O) groups is 2. The van der Waals surface area contributed by atoms with Crippen molar-refractivity contribution in [3.63, 3.8) is 0 Å². The Morgan fingerprint density at radius 1 is 1.10 bits per heavy atom.